The van der Waals surface area contributed by atoms with Crippen LogP contribution in [0.25, 0.3) is 0 Å². The Morgan fingerprint density at radius 2 is 1.85 bits per heavy atom. The topological polar surface area (TPSA) is 95.6 Å². The fraction of sp³-hybridized carbons (Fsp3) is 0.417. The van der Waals surface area contributed by atoms with Crippen LogP contribution in [-0.2, 0) is 11.2 Å². The van der Waals surface area contributed by atoms with Gasteiger partial charge in [0.05, 0.1) is 12.6 Å². The third-order valence-electron chi connectivity index (χ3n) is 2.58. The van der Waals surface area contributed by atoms with Crippen molar-refractivity contribution in [3.8, 4) is 5.75 Å². The molecule has 0 spiro atoms. The predicted molar refractivity (Wildman–Crippen MR) is 64.9 cm³/mol. The number of carbonyl (C=O) groups is 1. The summed E-state index contributed by atoms with van der Waals surface area (Å²) in [4.78, 5) is 11.5. The Balaban J connectivity index is 2.45. The summed E-state index contributed by atoms with van der Waals surface area (Å²) in [5.74, 6) is -0.735. The molecule has 1 amide bonds. The lowest BCUT2D eigenvalue weighted by atomic mass is 10.1. The number of rotatable bonds is 5. The highest BCUT2D eigenvalue weighted by Gasteiger charge is 2.38. The summed E-state index contributed by atoms with van der Waals surface area (Å²) in [6.07, 6.45) is -7.30. The summed E-state index contributed by atoms with van der Waals surface area (Å²) in [6, 6.07) is 4.88. The van der Waals surface area contributed by atoms with E-state index in [0.29, 0.717) is 5.56 Å². The Morgan fingerprint density at radius 3 is 2.35 bits per heavy atom. The minimum absolute atomic E-state index is 0.0556. The second-order valence-electron chi connectivity index (χ2n) is 4.28. The van der Waals surface area contributed by atoms with Crippen LogP contribution < -0.4 is 11.1 Å². The molecule has 5 nitrogen and oxygen atoms in total. The summed E-state index contributed by atoms with van der Waals surface area (Å²) >= 11 is 0. The Bertz CT molecular complexity index is 448. The maximum Gasteiger partial charge on any atom is 0.416 e. The number of aliphatic hydroxyl groups is 1. The molecule has 0 heterocycles. The zero-order chi connectivity index (χ0) is 15.3. The smallest absolute Gasteiger partial charge is 0.416 e. The highest BCUT2D eigenvalue weighted by molar-refractivity contribution is 5.81. The summed E-state index contributed by atoms with van der Waals surface area (Å²) in [7, 11) is 0. The van der Waals surface area contributed by atoms with Gasteiger partial charge in [-0.1, -0.05) is 12.1 Å². The third-order valence-corrected chi connectivity index (χ3v) is 2.58. The van der Waals surface area contributed by atoms with Crippen LogP contribution in [-0.4, -0.2) is 41.0 Å². The second-order valence-corrected chi connectivity index (χ2v) is 4.28. The van der Waals surface area contributed by atoms with Gasteiger partial charge in [-0.15, -0.1) is 0 Å². The van der Waals surface area contributed by atoms with E-state index in [9.17, 15) is 18.0 Å². The van der Waals surface area contributed by atoms with Crippen molar-refractivity contribution < 1.29 is 28.2 Å². The summed E-state index contributed by atoms with van der Waals surface area (Å²) in [5.41, 5.74) is 6.20. The molecular formula is C12H15F3N2O3. The first-order valence-electron chi connectivity index (χ1n) is 5.76. The van der Waals surface area contributed by atoms with Crippen molar-refractivity contribution in [1.29, 1.82) is 0 Å². The molecule has 5 N–H and O–H groups in total. The van der Waals surface area contributed by atoms with E-state index in [4.69, 9.17) is 15.9 Å². The molecule has 0 fully saturated rings. The zero-order valence-electron chi connectivity index (χ0n) is 10.4. The van der Waals surface area contributed by atoms with Gasteiger partial charge in [-0.05, 0) is 24.1 Å². The van der Waals surface area contributed by atoms with E-state index < -0.39 is 30.8 Å². The number of alkyl halides is 3. The number of benzene rings is 1. The van der Waals surface area contributed by atoms with Crippen LogP contribution in [0.2, 0.25) is 0 Å². The molecule has 1 aromatic rings. The van der Waals surface area contributed by atoms with Gasteiger partial charge in [0.2, 0.25) is 5.91 Å². The lowest BCUT2D eigenvalue weighted by Gasteiger charge is -2.17. The molecule has 1 aromatic carbocycles. The maximum atomic E-state index is 12.0. The van der Waals surface area contributed by atoms with E-state index in [-0.39, 0.29) is 12.2 Å². The average molecular weight is 292 g/mol. The number of phenols is 1. The van der Waals surface area contributed by atoms with Gasteiger partial charge in [0.1, 0.15) is 5.75 Å². The van der Waals surface area contributed by atoms with Crippen LogP contribution in [0.3, 0.4) is 0 Å². The summed E-state index contributed by atoms with van der Waals surface area (Å²) in [6.45, 7) is -0.939. The van der Waals surface area contributed by atoms with E-state index in [1.54, 1.807) is 12.1 Å². The van der Waals surface area contributed by atoms with Crippen LogP contribution in [0.1, 0.15) is 5.56 Å². The highest BCUT2D eigenvalue weighted by Crippen LogP contribution is 2.19. The summed E-state index contributed by atoms with van der Waals surface area (Å²) < 4.78 is 36.1. The lowest BCUT2D eigenvalue weighted by Crippen LogP contribution is -2.47. The van der Waals surface area contributed by atoms with Gasteiger partial charge < -0.3 is 21.3 Å². The highest BCUT2D eigenvalue weighted by atomic mass is 19.4. The van der Waals surface area contributed by atoms with Crippen LogP contribution in [0, 0.1) is 0 Å². The van der Waals surface area contributed by atoms with E-state index in [0.717, 1.165) is 0 Å². The normalized spacial score (nSPS) is 14.7. The zero-order valence-corrected chi connectivity index (χ0v) is 10.4. The number of hydrogen-bond donors (Lipinski definition) is 4. The van der Waals surface area contributed by atoms with Crippen molar-refractivity contribution in [2.24, 2.45) is 5.73 Å². The SMILES string of the molecule is N[C@@H](Cc1ccc(O)cc1)C(=O)NCC(O)C(F)(F)F. The molecule has 2 atom stereocenters. The van der Waals surface area contributed by atoms with Crippen molar-refractivity contribution in [2.45, 2.75) is 24.7 Å². The Morgan fingerprint density at radius 1 is 1.30 bits per heavy atom. The largest absolute Gasteiger partial charge is 0.508 e. The number of aromatic hydroxyl groups is 1. The molecule has 0 radical (unpaired) electrons. The predicted octanol–water partition coefficient (Wildman–Crippen LogP) is 0.301. The first-order valence-corrected chi connectivity index (χ1v) is 5.76. The molecular weight excluding hydrogens is 277 g/mol. The molecule has 0 saturated heterocycles. The van der Waals surface area contributed by atoms with Crippen molar-refractivity contribution in [2.75, 3.05) is 6.54 Å². The first-order chi connectivity index (χ1) is 9.20. The fourth-order valence-electron chi connectivity index (χ4n) is 1.42. The van der Waals surface area contributed by atoms with E-state index in [1.807, 2.05) is 5.32 Å². The van der Waals surface area contributed by atoms with Crippen molar-refractivity contribution in [3.05, 3.63) is 29.8 Å². The number of nitrogens with one attached hydrogen (secondary N) is 1. The monoisotopic (exact) mass is 292 g/mol. The molecule has 0 aromatic heterocycles. The average Bonchev–Trinajstić information content (AvgIpc) is 2.36. The molecule has 0 aliphatic rings. The van der Waals surface area contributed by atoms with Gasteiger partial charge in [0, 0.05) is 0 Å². The van der Waals surface area contributed by atoms with Gasteiger partial charge in [-0.3, -0.25) is 4.79 Å². The fourth-order valence-corrected chi connectivity index (χ4v) is 1.42. The number of halogens is 3. The Kier molecular flexibility index (Phi) is 5.34. The lowest BCUT2D eigenvalue weighted by molar-refractivity contribution is -0.201. The van der Waals surface area contributed by atoms with Crippen LogP contribution >= 0.6 is 0 Å². The van der Waals surface area contributed by atoms with Gasteiger partial charge in [0.25, 0.3) is 0 Å². The van der Waals surface area contributed by atoms with Gasteiger partial charge >= 0.3 is 6.18 Å². The number of carbonyl (C=O) groups excluding carboxylic acids is 1. The first kappa shape index (κ1) is 16.3. The molecule has 1 rings (SSSR count). The van der Waals surface area contributed by atoms with Crippen molar-refractivity contribution in [1.82, 2.24) is 5.32 Å². The number of phenolic OH excluding ortho intramolecular Hbond substituents is 1. The standard InChI is InChI=1S/C12H15F3N2O3/c13-12(14,15)10(19)6-17-11(20)9(16)5-7-1-3-8(18)4-2-7/h1-4,9-10,18-19H,5-6,16H2,(H,17,20)/t9-,10?/m0/s1. The quantitative estimate of drug-likeness (QED) is 0.628. The summed E-state index contributed by atoms with van der Waals surface area (Å²) in [5, 5.41) is 19.7. The van der Waals surface area contributed by atoms with E-state index in [1.165, 1.54) is 12.1 Å². The van der Waals surface area contributed by atoms with Gasteiger partial charge in [-0.2, -0.15) is 13.2 Å². The number of hydrogen-bond acceptors (Lipinski definition) is 4. The van der Waals surface area contributed by atoms with Crippen LogP contribution in [0.15, 0.2) is 24.3 Å². The van der Waals surface area contributed by atoms with Crippen LogP contribution in [0.4, 0.5) is 13.2 Å². The Labute approximate surface area is 113 Å². The number of aliphatic hydroxyl groups excluding tert-OH is 1. The molecule has 0 aliphatic carbocycles. The van der Waals surface area contributed by atoms with Gasteiger partial charge in [0.15, 0.2) is 6.10 Å². The van der Waals surface area contributed by atoms with Crippen molar-refractivity contribution >= 4 is 5.91 Å². The molecule has 0 saturated carbocycles. The maximum absolute atomic E-state index is 12.0. The Hall–Kier alpha value is -1.80. The second kappa shape index (κ2) is 6.58. The van der Waals surface area contributed by atoms with Crippen LogP contribution in [0.5, 0.6) is 5.75 Å². The molecule has 1 unspecified atom stereocenters. The molecule has 0 bridgehead atoms. The minimum atomic E-state index is -4.78. The number of nitrogens with two attached hydrogens (primary N) is 1. The molecule has 8 heteroatoms. The molecule has 0 aliphatic heterocycles. The van der Waals surface area contributed by atoms with E-state index in [2.05, 4.69) is 0 Å². The van der Waals surface area contributed by atoms with Crippen molar-refractivity contribution in [3.63, 3.8) is 0 Å². The minimum Gasteiger partial charge on any atom is -0.508 e. The van der Waals surface area contributed by atoms with E-state index >= 15 is 0 Å². The number of amides is 1. The third kappa shape index (κ3) is 5.06. The molecule has 20 heavy (non-hydrogen) atoms. The van der Waals surface area contributed by atoms with Gasteiger partial charge in [-0.25, -0.2) is 0 Å². The molecule has 112 valence electrons.